The van der Waals surface area contributed by atoms with E-state index in [4.69, 9.17) is 0 Å². The molecular weight excluding hydrogens is 244 g/mol. The summed E-state index contributed by atoms with van der Waals surface area (Å²) >= 11 is 0. The first-order chi connectivity index (χ1) is 9.08. The number of aromatic nitrogens is 1. The molecule has 104 valence electrons. The molecule has 5 nitrogen and oxygen atoms in total. The molecule has 0 amide bonds. The molecule has 0 aromatic carbocycles. The van der Waals surface area contributed by atoms with Crippen LogP contribution in [0, 0.1) is 0 Å². The summed E-state index contributed by atoms with van der Waals surface area (Å²) < 4.78 is 4.58. The molecular formula is C14H20N2O3. The lowest BCUT2D eigenvalue weighted by Crippen LogP contribution is -2.26. The third kappa shape index (κ3) is 4.79. The van der Waals surface area contributed by atoms with Crippen molar-refractivity contribution in [2.45, 2.75) is 27.2 Å². The third-order valence-corrected chi connectivity index (χ3v) is 2.91. The molecule has 0 saturated heterocycles. The van der Waals surface area contributed by atoms with Crippen LogP contribution in [-0.2, 0) is 16.0 Å². The van der Waals surface area contributed by atoms with Crippen LogP contribution in [0.5, 0.6) is 0 Å². The van der Waals surface area contributed by atoms with Crippen LogP contribution in [0.2, 0.25) is 0 Å². The molecule has 0 aliphatic heterocycles. The molecule has 1 heterocycles. The minimum atomic E-state index is -0.678. The molecule has 19 heavy (non-hydrogen) atoms. The van der Waals surface area contributed by atoms with E-state index in [1.807, 2.05) is 6.07 Å². The van der Waals surface area contributed by atoms with Gasteiger partial charge in [0, 0.05) is 19.7 Å². The highest BCUT2D eigenvalue weighted by atomic mass is 16.6. The summed E-state index contributed by atoms with van der Waals surface area (Å²) in [6.07, 6.45) is 2.23. The van der Waals surface area contributed by atoms with Gasteiger partial charge in [0.25, 0.3) is 0 Å². The van der Waals surface area contributed by atoms with Gasteiger partial charge < -0.3 is 9.64 Å². The van der Waals surface area contributed by atoms with Crippen molar-refractivity contribution in [1.82, 2.24) is 9.88 Å². The molecule has 1 aromatic rings. The zero-order valence-corrected chi connectivity index (χ0v) is 11.7. The Morgan fingerprint density at radius 3 is 2.58 bits per heavy atom. The predicted molar refractivity (Wildman–Crippen MR) is 71.8 cm³/mol. The number of rotatable bonds is 6. The molecule has 0 atom stereocenters. The van der Waals surface area contributed by atoms with Gasteiger partial charge in [-0.3, -0.25) is 4.79 Å². The van der Waals surface area contributed by atoms with Gasteiger partial charge in [-0.25, -0.2) is 9.78 Å². The number of ether oxygens (including phenoxy) is 1. The zero-order valence-electron chi connectivity index (χ0n) is 11.7. The Labute approximate surface area is 113 Å². The van der Waals surface area contributed by atoms with Gasteiger partial charge in [-0.1, -0.05) is 19.9 Å². The Morgan fingerprint density at radius 2 is 2.00 bits per heavy atom. The number of hydrogen-bond donors (Lipinski definition) is 0. The van der Waals surface area contributed by atoms with Gasteiger partial charge >= 0.3 is 11.9 Å². The number of pyridine rings is 1. The lowest BCUT2D eigenvalue weighted by atomic mass is 10.1. The van der Waals surface area contributed by atoms with E-state index in [-0.39, 0.29) is 5.69 Å². The van der Waals surface area contributed by atoms with Gasteiger partial charge in [0.15, 0.2) is 5.69 Å². The summed E-state index contributed by atoms with van der Waals surface area (Å²) in [5.41, 5.74) is 1.03. The van der Waals surface area contributed by atoms with E-state index in [0.29, 0.717) is 6.42 Å². The highest BCUT2D eigenvalue weighted by Crippen LogP contribution is 2.09. The van der Waals surface area contributed by atoms with Gasteiger partial charge in [0.05, 0.1) is 0 Å². The maximum atomic E-state index is 11.7. The first-order valence-corrected chi connectivity index (χ1v) is 6.47. The number of likely N-dealkylation sites (N-methyl/N-ethyl adjacent to an activating group) is 1. The fourth-order valence-corrected chi connectivity index (χ4v) is 1.82. The second-order valence-corrected chi connectivity index (χ2v) is 4.17. The van der Waals surface area contributed by atoms with Gasteiger partial charge in [0.1, 0.15) is 0 Å². The molecule has 0 bridgehead atoms. The molecule has 5 heteroatoms. The largest absolute Gasteiger partial charge is 0.388 e. The first kappa shape index (κ1) is 15.3. The minimum absolute atomic E-state index is 0.227. The van der Waals surface area contributed by atoms with Crippen molar-refractivity contribution < 1.29 is 14.3 Å². The molecule has 0 saturated carbocycles. The second kappa shape index (κ2) is 7.63. The normalized spacial score (nSPS) is 10.5. The van der Waals surface area contributed by atoms with E-state index in [9.17, 15) is 9.59 Å². The van der Waals surface area contributed by atoms with Crippen molar-refractivity contribution in [1.29, 1.82) is 0 Å². The lowest BCUT2D eigenvalue weighted by Gasteiger charge is -2.18. The number of carbonyl (C=O) groups excluding carboxylic acids is 2. The standard InChI is InChI=1S/C14H20N2O3/c1-4-16(5-2)10-8-12-7-6-9-15-13(12)14(18)19-11(3)17/h6-7,9H,4-5,8,10H2,1-3H3. The van der Waals surface area contributed by atoms with Gasteiger partial charge in [-0.2, -0.15) is 0 Å². The second-order valence-electron chi connectivity index (χ2n) is 4.17. The Hall–Kier alpha value is -1.75. The average Bonchev–Trinajstić information content (AvgIpc) is 2.39. The fourth-order valence-electron chi connectivity index (χ4n) is 1.82. The highest BCUT2D eigenvalue weighted by Gasteiger charge is 2.16. The van der Waals surface area contributed by atoms with Crippen LogP contribution >= 0.6 is 0 Å². The SMILES string of the molecule is CCN(CC)CCc1cccnc1C(=O)OC(C)=O. The summed E-state index contributed by atoms with van der Waals surface area (Å²) in [4.78, 5) is 28.8. The van der Waals surface area contributed by atoms with E-state index in [2.05, 4.69) is 28.5 Å². The van der Waals surface area contributed by atoms with Crippen LogP contribution < -0.4 is 0 Å². The van der Waals surface area contributed by atoms with Crippen molar-refractivity contribution >= 4 is 11.9 Å². The van der Waals surface area contributed by atoms with Crippen molar-refractivity contribution in [3.8, 4) is 0 Å². The Kier molecular flexibility index (Phi) is 6.15. The van der Waals surface area contributed by atoms with Crippen molar-refractivity contribution in [3.63, 3.8) is 0 Å². The minimum Gasteiger partial charge on any atom is -0.388 e. The molecule has 0 unspecified atom stereocenters. The molecule has 0 N–H and O–H groups in total. The first-order valence-electron chi connectivity index (χ1n) is 6.47. The average molecular weight is 264 g/mol. The van der Waals surface area contributed by atoms with Crippen molar-refractivity contribution in [2.24, 2.45) is 0 Å². The molecule has 1 aromatic heterocycles. The van der Waals surface area contributed by atoms with Crippen LogP contribution in [0.1, 0.15) is 36.8 Å². The van der Waals surface area contributed by atoms with Crippen LogP contribution in [0.3, 0.4) is 0 Å². The van der Waals surface area contributed by atoms with Crippen LogP contribution in [0.25, 0.3) is 0 Å². The summed E-state index contributed by atoms with van der Waals surface area (Å²) in [6.45, 7) is 8.17. The van der Waals surface area contributed by atoms with Gasteiger partial charge in [-0.15, -0.1) is 0 Å². The fraction of sp³-hybridized carbons (Fsp3) is 0.500. The molecule has 0 spiro atoms. The van der Waals surface area contributed by atoms with E-state index < -0.39 is 11.9 Å². The number of nitrogens with zero attached hydrogens (tertiary/aromatic N) is 2. The Balaban J connectivity index is 2.78. The highest BCUT2D eigenvalue weighted by molar-refractivity contribution is 5.95. The van der Waals surface area contributed by atoms with E-state index in [0.717, 1.165) is 25.2 Å². The van der Waals surface area contributed by atoms with Crippen molar-refractivity contribution in [3.05, 3.63) is 29.6 Å². The summed E-state index contributed by atoms with van der Waals surface area (Å²) in [5, 5.41) is 0. The van der Waals surface area contributed by atoms with Gasteiger partial charge in [0.2, 0.25) is 0 Å². The quantitative estimate of drug-likeness (QED) is 0.578. The lowest BCUT2D eigenvalue weighted by molar-refractivity contribution is -0.135. The molecule has 0 aliphatic carbocycles. The van der Waals surface area contributed by atoms with E-state index in [1.165, 1.54) is 13.1 Å². The van der Waals surface area contributed by atoms with Crippen LogP contribution in [0.15, 0.2) is 18.3 Å². The smallest absolute Gasteiger partial charge is 0.364 e. The maximum Gasteiger partial charge on any atom is 0.364 e. The summed E-state index contributed by atoms with van der Waals surface area (Å²) in [5.74, 6) is -1.30. The Bertz CT molecular complexity index is 442. The molecule has 1 rings (SSSR count). The van der Waals surface area contributed by atoms with E-state index >= 15 is 0 Å². The van der Waals surface area contributed by atoms with Gasteiger partial charge in [-0.05, 0) is 31.1 Å². The Morgan fingerprint density at radius 1 is 1.32 bits per heavy atom. The molecule has 0 radical (unpaired) electrons. The van der Waals surface area contributed by atoms with E-state index in [1.54, 1.807) is 6.07 Å². The molecule has 0 fully saturated rings. The molecule has 0 aliphatic rings. The summed E-state index contributed by atoms with van der Waals surface area (Å²) in [7, 11) is 0. The van der Waals surface area contributed by atoms with Crippen LogP contribution in [-0.4, -0.2) is 41.5 Å². The summed E-state index contributed by atoms with van der Waals surface area (Å²) in [6, 6.07) is 3.62. The third-order valence-electron chi connectivity index (χ3n) is 2.91. The topological polar surface area (TPSA) is 59.5 Å². The predicted octanol–water partition coefficient (Wildman–Crippen LogP) is 1.67. The number of hydrogen-bond acceptors (Lipinski definition) is 5. The number of esters is 2. The monoisotopic (exact) mass is 264 g/mol. The van der Waals surface area contributed by atoms with Crippen molar-refractivity contribution in [2.75, 3.05) is 19.6 Å². The zero-order chi connectivity index (χ0) is 14.3. The maximum absolute atomic E-state index is 11.7. The number of carbonyl (C=O) groups is 2. The van der Waals surface area contributed by atoms with Crippen LogP contribution in [0.4, 0.5) is 0 Å².